The predicted molar refractivity (Wildman–Crippen MR) is 89.5 cm³/mol. The van der Waals surface area contributed by atoms with E-state index in [4.69, 9.17) is 12.6 Å². The molecule has 4 saturated carbocycles. The van der Waals surface area contributed by atoms with Crippen LogP contribution in [0.4, 0.5) is 0 Å². The first kappa shape index (κ1) is 14.6. The van der Waals surface area contributed by atoms with Crippen LogP contribution in [0, 0.1) is 34.5 Å². The van der Waals surface area contributed by atoms with E-state index in [-0.39, 0.29) is 5.41 Å². The minimum atomic E-state index is 0.0467. The standard InChI is InChI=1S/C19H30OS/c1-18-9-7-13(21)11-12(18)3-4-14-15-5-6-17(20)19(15,2)10-8-16(14)18/h12-16,21H,3-11H2,1-2H3/t12?,13?,14-,15-,16-,18-,19-/m0/s1. The Bertz CT molecular complexity index is 460. The molecule has 0 radical (unpaired) electrons. The monoisotopic (exact) mass is 306 g/mol. The van der Waals surface area contributed by atoms with E-state index < -0.39 is 0 Å². The van der Waals surface area contributed by atoms with Gasteiger partial charge in [-0.3, -0.25) is 4.79 Å². The first-order chi connectivity index (χ1) is 9.95. The summed E-state index contributed by atoms with van der Waals surface area (Å²) in [6.45, 7) is 4.88. The minimum absolute atomic E-state index is 0.0467. The number of carbonyl (C=O) groups is 1. The molecule has 118 valence electrons. The fourth-order valence-corrected chi connectivity index (χ4v) is 7.39. The van der Waals surface area contributed by atoms with Crippen molar-refractivity contribution in [3.63, 3.8) is 0 Å². The zero-order chi connectivity index (χ0) is 14.8. The highest BCUT2D eigenvalue weighted by Gasteiger charge is 2.59. The SMILES string of the molecule is C[C@]12CCC(S)CC1CC[C@@H]1[C@@H]2CC[C@]2(C)C(=O)CC[C@@H]12. The molecule has 0 bridgehead atoms. The maximum atomic E-state index is 12.4. The number of Topliss-reactive ketones (excluding diaryl/α,β-unsaturated/α-hetero) is 1. The molecular weight excluding hydrogens is 276 g/mol. The molecule has 0 spiro atoms. The molecule has 0 amide bonds. The molecule has 4 rings (SSSR count). The molecule has 0 aromatic rings. The molecule has 0 aliphatic heterocycles. The lowest BCUT2D eigenvalue weighted by Crippen LogP contribution is -2.53. The Hall–Kier alpha value is 0.0200. The maximum absolute atomic E-state index is 12.4. The van der Waals surface area contributed by atoms with Crippen molar-refractivity contribution < 1.29 is 4.79 Å². The average Bonchev–Trinajstić information content (AvgIpc) is 2.76. The van der Waals surface area contributed by atoms with E-state index in [0.29, 0.717) is 22.4 Å². The van der Waals surface area contributed by atoms with E-state index >= 15 is 0 Å². The van der Waals surface area contributed by atoms with Crippen molar-refractivity contribution >= 4 is 18.4 Å². The van der Waals surface area contributed by atoms with Crippen molar-refractivity contribution in [3.05, 3.63) is 0 Å². The van der Waals surface area contributed by atoms with Crippen LogP contribution in [0.25, 0.3) is 0 Å². The first-order valence-corrected chi connectivity index (χ1v) is 9.68. The summed E-state index contributed by atoms with van der Waals surface area (Å²) in [4.78, 5) is 12.4. The summed E-state index contributed by atoms with van der Waals surface area (Å²) in [7, 11) is 0. The second kappa shape index (κ2) is 4.76. The molecule has 4 fully saturated rings. The second-order valence-electron chi connectivity index (χ2n) is 9.00. The quantitative estimate of drug-likeness (QED) is 0.630. The lowest BCUT2D eigenvalue weighted by molar-refractivity contribution is -0.138. The minimum Gasteiger partial charge on any atom is -0.299 e. The molecule has 2 unspecified atom stereocenters. The van der Waals surface area contributed by atoms with E-state index in [1.807, 2.05) is 0 Å². The second-order valence-corrected chi connectivity index (χ2v) is 9.73. The highest BCUT2D eigenvalue weighted by atomic mass is 32.1. The van der Waals surface area contributed by atoms with E-state index in [1.165, 1.54) is 51.4 Å². The van der Waals surface area contributed by atoms with Gasteiger partial charge in [-0.2, -0.15) is 12.6 Å². The molecule has 1 nitrogen and oxygen atoms in total. The smallest absolute Gasteiger partial charge is 0.139 e. The summed E-state index contributed by atoms with van der Waals surface area (Å²) in [5.41, 5.74) is 0.597. The molecule has 0 aromatic carbocycles. The number of hydrogen-bond donors (Lipinski definition) is 1. The van der Waals surface area contributed by atoms with Crippen LogP contribution in [0.2, 0.25) is 0 Å². The van der Waals surface area contributed by atoms with Crippen molar-refractivity contribution in [1.82, 2.24) is 0 Å². The molecule has 4 aliphatic rings. The fourth-order valence-electron chi connectivity index (χ4n) is 7.01. The van der Waals surface area contributed by atoms with Gasteiger partial charge in [0.2, 0.25) is 0 Å². The summed E-state index contributed by atoms with van der Waals surface area (Å²) in [5, 5.41) is 0.640. The van der Waals surface area contributed by atoms with Gasteiger partial charge in [-0.25, -0.2) is 0 Å². The van der Waals surface area contributed by atoms with Crippen LogP contribution >= 0.6 is 12.6 Å². The van der Waals surface area contributed by atoms with Gasteiger partial charge in [0.15, 0.2) is 0 Å². The van der Waals surface area contributed by atoms with Gasteiger partial charge in [-0.05, 0) is 80.5 Å². The average molecular weight is 307 g/mol. The fraction of sp³-hybridized carbons (Fsp3) is 0.947. The van der Waals surface area contributed by atoms with E-state index in [9.17, 15) is 4.79 Å². The number of thiol groups is 1. The molecule has 0 N–H and O–H groups in total. The largest absolute Gasteiger partial charge is 0.299 e. The van der Waals surface area contributed by atoms with Crippen molar-refractivity contribution in [2.75, 3.05) is 0 Å². The summed E-state index contributed by atoms with van der Waals surface area (Å²) in [6, 6.07) is 0. The number of carbonyl (C=O) groups excluding carboxylic acids is 1. The lowest BCUT2D eigenvalue weighted by atomic mass is 9.45. The van der Waals surface area contributed by atoms with E-state index in [1.54, 1.807) is 0 Å². The molecule has 0 heterocycles. The number of fused-ring (bicyclic) bond motifs is 5. The summed E-state index contributed by atoms with van der Waals surface area (Å²) in [6.07, 6.45) is 11.3. The highest BCUT2D eigenvalue weighted by molar-refractivity contribution is 7.80. The van der Waals surface area contributed by atoms with Crippen LogP contribution in [0.15, 0.2) is 0 Å². The number of hydrogen-bond acceptors (Lipinski definition) is 2. The van der Waals surface area contributed by atoms with Gasteiger partial charge in [0.1, 0.15) is 5.78 Å². The third-order valence-electron chi connectivity index (χ3n) is 8.35. The zero-order valence-electron chi connectivity index (χ0n) is 13.6. The topological polar surface area (TPSA) is 17.1 Å². The first-order valence-electron chi connectivity index (χ1n) is 9.16. The summed E-state index contributed by atoms with van der Waals surface area (Å²) < 4.78 is 0. The lowest BCUT2D eigenvalue weighted by Gasteiger charge is -2.60. The Labute approximate surface area is 135 Å². The Morgan fingerprint density at radius 2 is 1.81 bits per heavy atom. The third kappa shape index (κ3) is 1.93. The molecule has 7 atom stereocenters. The van der Waals surface area contributed by atoms with Crippen molar-refractivity contribution in [1.29, 1.82) is 0 Å². The molecule has 0 aromatic heterocycles. The Morgan fingerprint density at radius 3 is 2.62 bits per heavy atom. The van der Waals surface area contributed by atoms with Gasteiger partial charge in [-0.1, -0.05) is 13.8 Å². The summed E-state index contributed by atoms with van der Waals surface area (Å²) >= 11 is 4.77. The normalized spacial score (nSPS) is 56.5. The van der Waals surface area contributed by atoms with Crippen LogP contribution in [0.5, 0.6) is 0 Å². The van der Waals surface area contributed by atoms with Crippen LogP contribution in [-0.4, -0.2) is 11.0 Å². The van der Waals surface area contributed by atoms with E-state index in [0.717, 1.165) is 24.2 Å². The van der Waals surface area contributed by atoms with Gasteiger partial charge in [0.05, 0.1) is 0 Å². The Kier molecular flexibility index (Phi) is 3.31. The molecule has 2 heteroatoms. The Balaban J connectivity index is 1.64. The van der Waals surface area contributed by atoms with Crippen LogP contribution < -0.4 is 0 Å². The zero-order valence-corrected chi connectivity index (χ0v) is 14.5. The highest BCUT2D eigenvalue weighted by Crippen LogP contribution is 2.65. The van der Waals surface area contributed by atoms with Crippen LogP contribution in [0.1, 0.15) is 71.6 Å². The molecular formula is C19H30OS. The van der Waals surface area contributed by atoms with Crippen molar-refractivity contribution in [3.8, 4) is 0 Å². The van der Waals surface area contributed by atoms with Crippen molar-refractivity contribution in [2.24, 2.45) is 34.5 Å². The molecule has 0 saturated heterocycles. The Morgan fingerprint density at radius 1 is 1.00 bits per heavy atom. The van der Waals surface area contributed by atoms with Gasteiger partial charge in [-0.15, -0.1) is 0 Å². The number of rotatable bonds is 0. The molecule has 21 heavy (non-hydrogen) atoms. The van der Waals surface area contributed by atoms with E-state index in [2.05, 4.69) is 13.8 Å². The van der Waals surface area contributed by atoms with Crippen LogP contribution in [0.3, 0.4) is 0 Å². The van der Waals surface area contributed by atoms with Crippen molar-refractivity contribution in [2.45, 2.75) is 76.9 Å². The summed E-state index contributed by atoms with van der Waals surface area (Å²) in [5.74, 6) is 3.91. The van der Waals surface area contributed by atoms with Gasteiger partial charge < -0.3 is 0 Å². The molecule has 4 aliphatic carbocycles. The van der Waals surface area contributed by atoms with Gasteiger partial charge in [0, 0.05) is 17.1 Å². The van der Waals surface area contributed by atoms with Gasteiger partial charge >= 0.3 is 0 Å². The van der Waals surface area contributed by atoms with Gasteiger partial charge in [0.25, 0.3) is 0 Å². The predicted octanol–water partition coefficient (Wildman–Crippen LogP) is 4.90. The van der Waals surface area contributed by atoms with Crippen LogP contribution in [-0.2, 0) is 4.79 Å². The maximum Gasteiger partial charge on any atom is 0.139 e. The third-order valence-corrected chi connectivity index (χ3v) is 8.82. The number of ketones is 1.